The molecule has 2 heterocycles. The molecule has 10 nitrogen and oxygen atoms in total. The number of carbonyl (C=O) groups is 1. The smallest absolute Gasteiger partial charge is 0.202 e. The molecule has 0 amide bonds. The van der Waals surface area contributed by atoms with E-state index in [9.17, 15) is 9.90 Å². The number of rotatable bonds is 5. The highest BCUT2D eigenvalue weighted by Gasteiger charge is 2.33. The summed E-state index contributed by atoms with van der Waals surface area (Å²) >= 11 is 11.6. The standard InChI is InChI=1S/C20H25ClN4O.C13H22N3.C7H8ClNO.4ClH/c1-13-11-17(19(22)18(21)20(13)26)23-14-5-7-15(8-6-14)24-10-9-16(12-24)25(2,3)4;1-16(2,3)13-8-9-15(10-13)12-6-4-11(14)5-7-12;1-4-2-3-5(9)6(8)7(4)10;;;;/h5-8,11,16H,9-10,12H2,1-4H3,(H-,22,26);4-7,13H,8-10,14H2,1-3H3;2-3,10H,9H2,1H3;4*1H/q;+1;;;;;/p-1. The van der Waals surface area contributed by atoms with Gasteiger partial charge in [0, 0.05) is 48.6 Å². The van der Waals surface area contributed by atoms with Gasteiger partial charge in [-0.15, -0.1) is 24.8 Å². The van der Waals surface area contributed by atoms with Gasteiger partial charge in [-0.2, -0.15) is 0 Å². The molecule has 2 aliphatic heterocycles. The maximum absolute atomic E-state index is 11.8. The Morgan fingerprint density at radius 3 is 1.59 bits per heavy atom. The molecular weight excluding hydrogens is 837 g/mol. The van der Waals surface area contributed by atoms with Gasteiger partial charge in [0.25, 0.3) is 0 Å². The van der Waals surface area contributed by atoms with E-state index in [1.807, 2.05) is 24.3 Å². The van der Waals surface area contributed by atoms with Crippen LogP contribution in [-0.2, 0) is 4.79 Å². The number of likely N-dealkylation sites (N-methyl/N-ethyl adjacent to an activating group) is 2. The Labute approximate surface area is 368 Å². The van der Waals surface area contributed by atoms with E-state index in [0.717, 1.165) is 58.1 Å². The van der Waals surface area contributed by atoms with Crippen molar-refractivity contribution >= 4 is 87.9 Å². The molecule has 2 saturated heterocycles. The minimum Gasteiger partial charge on any atom is -1.00 e. The Morgan fingerprint density at radius 1 is 0.732 bits per heavy atom. The van der Waals surface area contributed by atoms with E-state index >= 15 is 0 Å². The highest BCUT2D eigenvalue weighted by molar-refractivity contribution is 6.49. The number of phenols is 1. The Balaban J connectivity index is 0.000000867. The van der Waals surface area contributed by atoms with Gasteiger partial charge in [0.1, 0.15) is 27.9 Å². The number of aromatic hydroxyl groups is 1. The van der Waals surface area contributed by atoms with E-state index in [1.165, 1.54) is 24.2 Å². The molecule has 2 atom stereocenters. The molecule has 0 spiro atoms. The number of nitrogens with zero attached hydrogens (tertiary/aromatic N) is 5. The molecular formula is C40H58Cl6N8O2. The largest absolute Gasteiger partial charge is 1.00 e. The summed E-state index contributed by atoms with van der Waals surface area (Å²) in [7, 11) is 13.6. The van der Waals surface area contributed by atoms with Crippen molar-refractivity contribution in [2.75, 3.05) is 89.7 Å². The Kier molecular flexibility index (Phi) is 21.0. The van der Waals surface area contributed by atoms with E-state index < -0.39 is 0 Å². The van der Waals surface area contributed by atoms with Gasteiger partial charge in [-0.25, -0.2) is 4.99 Å². The summed E-state index contributed by atoms with van der Waals surface area (Å²) in [6, 6.07) is 21.1. The zero-order valence-corrected chi connectivity index (χ0v) is 38.1. The molecule has 0 saturated carbocycles. The third-order valence-electron chi connectivity index (χ3n) is 10.0. The normalized spacial score (nSPS) is 18.6. The summed E-state index contributed by atoms with van der Waals surface area (Å²) < 4.78 is 2.03. The predicted molar refractivity (Wildman–Crippen MR) is 234 cm³/mol. The van der Waals surface area contributed by atoms with Crippen LogP contribution in [0.4, 0.5) is 28.4 Å². The fourth-order valence-electron chi connectivity index (χ4n) is 6.30. The molecule has 56 heavy (non-hydrogen) atoms. The fraction of sp³-hybridized carbons (Fsp3) is 0.400. The number of ketones is 1. The first-order valence-corrected chi connectivity index (χ1v) is 18.3. The van der Waals surface area contributed by atoms with E-state index in [2.05, 4.69) is 81.3 Å². The topological polar surface area (TPSA) is 134 Å². The van der Waals surface area contributed by atoms with Crippen LogP contribution in [0.3, 0.4) is 0 Å². The molecule has 7 N–H and O–H groups in total. The summed E-state index contributed by atoms with van der Waals surface area (Å²) in [5.74, 6) is -0.166. The quantitative estimate of drug-likeness (QED) is 0.173. The molecule has 3 aliphatic rings. The molecule has 0 aromatic heterocycles. The van der Waals surface area contributed by atoms with Gasteiger partial charge < -0.3 is 65.9 Å². The second-order valence-electron chi connectivity index (χ2n) is 15.6. The number of phenolic OH excluding ortho intramolecular Hbond substituents is 1. The molecule has 312 valence electrons. The summed E-state index contributed by atoms with van der Waals surface area (Å²) in [6.45, 7) is 7.92. The summed E-state index contributed by atoms with van der Waals surface area (Å²) in [6.07, 6.45) is 4.16. The van der Waals surface area contributed by atoms with Crippen LogP contribution in [0.1, 0.15) is 25.3 Å². The van der Waals surface area contributed by atoms with Gasteiger partial charge in [-0.1, -0.05) is 29.3 Å². The van der Waals surface area contributed by atoms with Gasteiger partial charge in [0.2, 0.25) is 5.78 Å². The lowest BCUT2D eigenvalue weighted by Crippen LogP contribution is -3.00. The first-order valence-electron chi connectivity index (χ1n) is 17.5. The van der Waals surface area contributed by atoms with Crippen LogP contribution >= 0.6 is 48.0 Å². The number of Topliss-reactive ketones (excluding diaryl/α,β-unsaturated/α-hetero) is 1. The van der Waals surface area contributed by atoms with Gasteiger partial charge >= 0.3 is 0 Å². The van der Waals surface area contributed by atoms with E-state index in [1.54, 1.807) is 32.1 Å². The van der Waals surface area contributed by atoms with Gasteiger partial charge in [0.15, 0.2) is 0 Å². The zero-order chi connectivity index (χ0) is 38.5. The summed E-state index contributed by atoms with van der Waals surface area (Å²) in [5, 5.41) is 9.46. The Hall–Kier alpha value is -3.06. The SMILES string of the molecule is CC1=CC(=Nc2ccc(N3CCC([N+](C)(C)C)C3)cc2)C(N)=C(Cl)C1=O.C[N+](C)(C)C1CCN(c2ccc(N)cc2)C1.Cc1ccc(N)c(Cl)c1O.Cl.Cl.[Cl-].[Cl-]. The second kappa shape index (κ2) is 22.2. The first-order chi connectivity index (χ1) is 24.3. The van der Waals surface area contributed by atoms with Crippen LogP contribution in [0.25, 0.3) is 0 Å². The third kappa shape index (κ3) is 13.8. The minimum atomic E-state index is -0.237. The number of benzene rings is 3. The molecule has 1 aliphatic carbocycles. The highest BCUT2D eigenvalue weighted by Crippen LogP contribution is 2.32. The van der Waals surface area contributed by atoms with E-state index in [4.69, 9.17) is 40.4 Å². The van der Waals surface area contributed by atoms with Crippen LogP contribution in [0.15, 0.2) is 88.0 Å². The molecule has 0 bridgehead atoms. The molecule has 16 heteroatoms. The number of halogens is 6. The maximum Gasteiger partial charge on any atom is 0.202 e. The number of aryl methyl sites for hydroxylation is 1. The number of allylic oxidation sites excluding steroid dienone is 3. The zero-order valence-electron chi connectivity index (χ0n) is 33.4. The number of nitrogen functional groups attached to an aromatic ring is 2. The second-order valence-corrected chi connectivity index (χ2v) is 16.4. The highest BCUT2D eigenvalue weighted by atomic mass is 35.5. The van der Waals surface area contributed by atoms with Crippen LogP contribution < -0.4 is 51.8 Å². The van der Waals surface area contributed by atoms with Gasteiger partial charge in [-0.3, -0.25) is 4.79 Å². The minimum absolute atomic E-state index is 0. The van der Waals surface area contributed by atoms with Crippen molar-refractivity contribution in [2.45, 2.75) is 38.8 Å². The first kappa shape index (κ1) is 52.9. The average Bonchev–Trinajstić information content (AvgIpc) is 3.80. The Bertz CT molecular complexity index is 1810. The predicted octanol–water partition coefficient (Wildman–Crippen LogP) is 1.32. The lowest BCUT2D eigenvalue weighted by Gasteiger charge is -2.31. The van der Waals surface area contributed by atoms with Crippen molar-refractivity contribution in [2.24, 2.45) is 10.7 Å². The molecule has 0 radical (unpaired) electrons. The number of hydrogen-bond acceptors (Lipinski definition) is 8. The monoisotopic (exact) mass is 892 g/mol. The van der Waals surface area contributed by atoms with E-state index in [-0.39, 0.29) is 76.9 Å². The fourth-order valence-corrected chi connectivity index (χ4v) is 6.76. The van der Waals surface area contributed by atoms with Crippen molar-refractivity contribution in [1.82, 2.24) is 0 Å². The van der Waals surface area contributed by atoms with Crippen LogP contribution in [0, 0.1) is 6.92 Å². The molecule has 6 rings (SSSR count). The molecule has 3 aromatic rings. The number of hydrogen-bond donors (Lipinski definition) is 4. The van der Waals surface area contributed by atoms with Crippen molar-refractivity contribution in [1.29, 1.82) is 0 Å². The lowest BCUT2D eigenvalue weighted by atomic mass is 10.0. The van der Waals surface area contributed by atoms with Crippen molar-refractivity contribution < 1.29 is 43.7 Å². The molecule has 2 fully saturated rings. The van der Waals surface area contributed by atoms with Gasteiger partial charge in [-0.05, 0) is 80.1 Å². The van der Waals surface area contributed by atoms with Crippen molar-refractivity contribution in [3.8, 4) is 5.75 Å². The summed E-state index contributed by atoms with van der Waals surface area (Å²) in [5.41, 5.74) is 23.6. The molecule has 3 aromatic carbocycles. The van der Waals surface area contributed by atoms with Crippen molar-refractivity contribution in [3.63, 3.8) is 0 Å². The maximum atomic E-state index is 11.8. The summed E-state index contributed by atoms with van der Waals surface area (Å²) in [4.78, 5) is 21.2. The van der Waals surface area contributed by atoms with Gasteiger partial charge in [0.05, 0.1) is 78.2 Å². The van der Waals surface area contributed by atoms with Crippen LogP contribution in [-0.4, -0.2) is 106 Å². The van der Waals surface area contributed by atoms with Crippen LogP contribution in [0.5, 0.6) is 5.75 Å². The number of quaternary nitrogens is 2. The van der Waals surface area contributed by atoms with Crippen molar-refractivity contribution in [3.05, 3.63) is 93.6 Å². The molecule has 2 unspecified atom stereocenters. The number of nitrogens with two attached hydrogens (primary N) is 3. The average molecular weight is 896 g/mol. The number of carbonyl (C=O) groups excluding carboxylic acids is 1. The number of anilines is 4. The third-order valence-corrected chi connectivity index (χ3v) is 10.8. The van der Waals surface area contributed by atoms with E-state index in [0.29, 0.717) is 23.0 Å². The lowest BCUT2D eigenvalue weighted by molar-refractivity contribution is -0.893. The number of aliphatic imine (C=N–C) groups is 1. The Morgan fingerprint density at radius 2 is 1.18 bits per heavy atom. The van der Waals surface area contributed by atoms with Crippen LogP contribution in [0.2, 0.25) is 5.02 Å².